The van der Waals surface area contributed by atoms with Crippen LogP contribution in [0, 0.1) is 12.8 Å². The summed E-state index contributed by atoms with van der Waals surface area (Å²) in [5, 5.41) is 3.95. The first kappa shape index (κ1) is 12.5. The quantitative estimate of drug-likeness (QED) is 0.783. The largest absolute Gasteiger partial charge is 0.359 e. The van der Waals surface area contributed by atoms with Gasteiger partial charge in [-0.15, -0.1) is 12.4 Å². The van der Waals surface area contributed by atoms with Crippen LogP contribution < -0.4 is 0 Å². The third-order valence-electron chi connectivity index (χ3n) is 2.99. The molecule has 0 amide bonds. The number of likely N-dealkylation sites (tertiary alicyclic amines) is 1. The molecule has 1 aromatic rings. The lowest BCUT2D eigenvalue weighted by Crippen LogP contribution is -2.22. The Kier molecular flexibility index (Phi) is 4.17. The highest BCUT2D eigenvalue weighted by Gasteiger charge is 2.31. The summed E-state index contributed by atoms with van der Waals surface area (Å²) < 4.78 is 5.34. The van der Waals surface area contributed by atoms with Crippen LogP contribution in [0.15, 0.2) is 10.6 Å². The average molecular weight is 231 g/mol. The van der Waals surface area contributed by atoms with Crippen molar-refractivity contribution >= 4 is 12.4 Å². The minimum atomic E-state index is 0. The zero-order chi connectivity index (χ0) is 10.1. The molecule has 2 rings (SSSR count). The molecule has 0 spiro atoms. The van der Waals surface area contributed by atoms with Crippen molar-refractivity contribution in [1.29, 1.82) is 0 Å². The van der Waals surface area contributed by atoms with Gasteiger partial charge in [-0.05, 0) is 25.8 Å². The number of aromatic nitrogens is 1. The molecule has 3 nitrogen and oxygen atoms in total. The van der Waals surface area contributed by atoms with Gasteiger partial charge in [0.25, 0.3) is 0 Å². The number of halogens is 1. The molecule has 1 aliphatic rings. The molecular formula is C11H19ClN2O. The average Bonchev–Trinajstić information content (AvgIpc) is 2.71. The first-order chi connectivity index (χ1) is 6.70. The van der Waals surface area contributed by atoms with Crippen molar-refractivity contribution in [1.82, 2.24) is 10.1 Å². The van der Waals surface area contributed by atoms with Gasteiger partial charge >= 0.3 is 0 Å². The minimum Gasteiger partial charge on any atom is -0.359 e. The maximum Gasteiger partial charge on any atom is 0.154 e. The van der Waals surface area contributed by atoms with Gasteiger partial charge < -0.3 is 4.52 Å². The molecule has 0 bridgehead atoms. The molecule has 2 unspecified atom stereocenters. The van der Waals surface area contributed by atoms with E-state index in [9.17, 15) is 0 Å². The molecule has 15 heavy (non-hydrogen) atoms. The van der Waals surface area contributed by atoms with E-state index in [1.165, 1.54) is 13.0 Å². The normalized spacial score (nSPS) is 26.6. The van der Waals surface area contributed by atoms with Gasteiger partial charge in [-0.2, -0.15) is 0 Å². The van der Waals surface area contributed by atoms with Crippen molar-refractivity contribution in [2.75, 3.05) is 13.1 Å². The van der Waals surface area contributed by atoms with Crippen LogP contribution >= 0.6 is 12.4 Å². The summed E-state index contributed by atoms with van der Waals surface area (Å²) in [6, 6.07) is 2.52. The molecule has 0 saturated carbocycles. The van der Waals surface area contributed by atoms with E-state index in [4.69, 9.17) is 4.52 Å². The van der Waals surface area contributed by atoms with E-state index in [0.29, 0.717) is 6.04 Å². The topological polar surface area (TPSA) is 29.3 Å². The third-order valence-corrected chi connectivity index (χ3v) is 2.99. The molecule has 0 aromatic carbocycles. The highest BCUT2D eigenvalue weighted by Crippen LogP contribution is 2.34. The van der Waals surface area contributed by atoms with Gasteiger partial charge in [0.2, 0.25) is 0 Å². The van der Waals surface area contributed by atoms with Crippen LogP contribution in [0.25, 0.3) is 0 Å². The Bertz CT molecular complexity index is 313. The predicted molar refractivity (Wildman–Crippen MR) is 62.3 cm³/mol. The van der Waals surface area contributed by atoms with Crippen LogP contribution in [0.3, 0.4) is 0 Å². The van der Waals surface area contributed by atoms with Gasteiger partial charge in [-0.1, -0.05) is 19.0 Å². The van der Waals surface area contributed by atoms with Crippen LogP contribution in [0.1, 0.15) is 37.8 Å². The van der Waals surface area contributed by atoms with Crippen molar-refractivity contribution in [3.05, 3.63) is 17.5 Å². The highest BCUT2D eigenvalue weighted by molar-refractivity contribution is 5.85. The van der Waals surface area contributed by atoms with Crippen molar-refractivity contribution in [3.8, 4) is 0 Å². The standard InChI is InChI=1S/C11H18N2O.ClH/c1-4-13-7-8(2)5-10(13)11-6-9(3)12-14-11;/h6,8,10H,4-5,7H2,1-3H3;1H. The summed E-state index contributed by atoms with van der Waals surface area (Å²) >= 11 is 0. The third kappa shape index (κ3) is 2.52. The maximum atomic E-state index is 5.34. The second-order valence-electron chi connectivity index (χ2n) is 4.31. The SMILES string of the molecule is CCN1CC(C)CC1c1cc(C)no1.Cl. The van der Waals surface area contributed by atoms with Crippen molar-refractivity contribution in [3.63, 3.8) is 0 Å². The number of hydrogen-bond acceptors (Lipinski definition) is 3. The number of hydrogen-bond donors (Lipinski definition) is 0. The molecule has 1 saturated heterocycles. The fourth-order valence-corrected chi connectivity index (χ4v) is 2.32. The molecule has 0 radical (unpaired) electrons. The molecule has 1 aromatic heterocycles. The van der Waals surface area contributed by atoms with Gasteiger partial charge in [-0.25, -0.2) is 0 Å². The number of rotatable bonds is 2. The summed E-state index contributed by atoms with van der Waals surface area (Å²) in [6.45, 7) is 8.75. The summed E-state index contributed by atoms with van der Waals surface area (Å²) in [6.07, 6.45) is 1.20. The fourth-order valence-electron chi connectivity index (χ4n) is 2.32. The highest BCUT2D eigenvalue weighted by atomic mass is 35.5. The molecule has 1 aliphatic heterocycles. The van der Waals surface area contributed by atoms with Gasteiger partial charge in [0.05, 0.1) is 11.7 Å². The van der Waals surface area contributed by atoms with E-state index in [-0.39, 0.29) is 12.4 Å². The minimum absolute atomic E-state index is 0. The maximum absolute atomic E-state index is 5.34. The van der Waals surface area contributed by atoms with Gasteiger partial charge in [0.1, 0.15) is 0 Å². The van der Waals surface area contributed by atoms with Crippen LogP contribution in [0.5, 0.6) is 0 Å². The monoisotopic (exact) mass is 230 g/mol. The Morgan fingerprint density at radius 1 is 1.60 bits per heavy atom. The molecule has 4 heteroatoms. The van der Waals surface area contributed by atoms with Crippen LogP contribution in [0.2, 0.25) is 0 Å². The summed E-state index contributed by atoms with van der Waals surface area (Å²) in [4.78, 5) is 2.46. The fraction of sp³-hybridized carbons (Fsp3) is 0.727. The second kappa shape index (κ2) is 4.99. The van der Waals surface area contributed by atoms with Crippen LogP contribution in [0.4, 0.5) is 0 Å². The first-order valence-corrected chi connectivity index (χ1v) is 5.38. The van der Waals surface area contributed by atoms with Gasteiger partial charge in [0.15, 0.2) is 5.76 Å². The van der Waals surface area contributed by atoms with Crippen LogP contribution in [-0.4, -0.2) is 23.1 Å². The predicted octanol–water partition coefficient (Wildman–Crippen LogP) is 2.81. The summed E-state index contributed by atoms with van der Waals surface area (Å²) in [5.41, 5.74) is 0.982. The number of aryl methyl sites for hydroxylation is 1. The van der Waals surface area contributed by atoms with Crippen LogP contribution in [-0.2, 0) is 0 Å². The lowest BCUT2D eigenvalue weighted by Gasteiger charge is -2.19. The van der Waals surface area contributed by atoms with E-state index in [1.807, 2.05) is 6.92 Å². The summed E-state index contributed by atoms with van der Waals surface area (Å²) in [5.74, 6) is 1.80. The Morgan fingerprint density at radius 3 is 2.87 bits per heavy atom. The van der Waals surface area contributed by atoms with E-state index in [1.54, 1.807) is 0 Å². The lowest BCUT2D eigenvalue weighted by atomic mass is 10.1. The Balaban J connectivity index is 0.00000112. The molecule has 2 atom stereocenters. The molecule has 0 N–H and O–H groups in total. The van der Waals surface area contributed by atoms with Crippen molar-refractivity contribution in [2.45, 2.75) is 33.2 Å². The smallest absolute Gasteiger partial charge is 0.154 e. The Hall–Kier alpha value is -0.540. The molecular weight excluding hydrogens is 212 g/mol. The molecule has 86 valence electrons. The van der Waals surface area contributed by atoms with Crippen molar-refractivity contribution < 1.29 is 4.52 Å². The molecule has 0 aliphatic carbocycles. The van der Waals surface area contributed by atoms with E-state index in [0.717, 1.165) is 23.9 Å². The second-order valence-corrected chi connectivity index (χ2v) is 4.31. The van der Waals surface area contributed by atoms with E-state index < -0.39 is 0 Å². The Labute approximate surface area is 97.2 Å². The number of nitrogens with zero attached hydrogens (tertiary/aromatic N) is 2. The van der Waals surface area contributed by atoms with E-state index in [2.05, 4.69) is 30.0 Å². The molecule has 2 heterocycles. The first-order valence-electron chi connectivity index (χ1n) is 5.38. The lowest BCUT2D eigenvalue weighted by molar-refractivity contribution is 0.222. The zero-order valence-electron chi connectivity index (χ0n) is 9.56. The van der Waals surface area contributed by atoms with Crippen molar-refractivity contribution in [2.24, 2.45) is 5.92 Å². The Morgan fingerprint density at radius 2 is 2.33 bits per heavy atom. The van der Waals surface area contributed by atoms with Gasteiger partial charge in [-0.3, -0.25) is 4.90 Å². The van der Waals surface area contributed by atoms with E-state index >= 15 is 0 Å². The van der Waals surface area contributed by atoms with Gasteiger partial charge in [0, 0.05) is 12.6 Å². The summed E-state index contributed by atoms with van der Waals surface area (Å²) in [7, 11) is 0. The zero-order valence-corrected chi connectivity index (χ0v) is 10.4. The molecule has 1 fully saturated rings.